The molecule has 1 aromatic heterocycles. The number of pyridine rings is 1. The van der Waals surface area contributed by atoms with Gasteiger partial charge in [-0.15, -0.1) is 11.6 Å². The van der Waals surface area contributed by atoms with Gasteiger partial charge in [0.05, 0.1) is 7.11 Å². The molecular weight excluding hydrogens is 236 g/mol. The molecule has 1 aliphatic rings. The molecule has 0 bridgehead atoms. The number of alkyl halides is 1. The van der Waals surface area contributed by atoms with Gasteiger partial charge in [0.2, 0.25) is 5.88 Å². The number of anilines is 1. The van der Waals surface area contributed by atoms with Crippen LogP contribution in [0.25, 0.3) is 0 Å². The summed E-state index contributed by atoms with van der Waals surface area (Å²) in [6.07, 6.45) is 6.77. The Labute approximate surface area is 108 Å². The number of rotatable bonds is 4. The van der Waals surface area contributed by atoms with Gasteiger partial charge in [-0.25, -0.2) is 4.98 Å². The predicted octanol–water partition coefficient (Wildman–Crippen LogP) is 3.30. The quantitative estimate of drug-likeness (QED) is 0.838. The Morgan fingerprint density at radius 2 is 2.29 bits per heavy atom. The molecular formula is C13H19ClN2O. The topological polar surface area (TPSA) is 34.1 Å². The van der Waals surface area contributed by atoms with Crippen LogP contribution in [0.4, 0.5) is 5.69 Å². The number of nitrogens with one attached hydrogen (secondary N) is 1. The number of hydrogen-bond acceptors (Lipinski definition) is 3. The highest BCUT2D eigenvalue weighted by molar-refractivity contribution is 6.18. The van der Waals surface area contributed by atoms with Crippen molar-refractivity contribution in [3.8, 4) is 5.88 Å². The molecule has 1 fully saturated rings. The second-order valence-corrected chi connectivity index (χ2v) is 4.85. The van der Waals surface area contributed by atoms with Crippen LogP contribution in [0.1, 0.15) is 25.7 Å². The molecule has 2 unspecified atom stereocenters. The largest absolute Gasteiger partial charge is 0.481 e. The van der Waals surface area contributed by atoms with Gasteiger partial charge >= 0.3 is 0 Å². The number of nitrogens with zero attached hydrogens (tertiary/aromatic N) is 1. The van der Waals surface area contributed by atoms with Crippen LogP contribution >= 0.6 is 11.6 Å². The van der Waals surface area contributed by atoms with E-state index in [1.54, 1.807) is 13.3 Å². The summed E-state index contributed by atoms with van der Waals surface area (Å²) >= 11 is 6.02. The molecule has 0 aromatic carbocycles. The van der Waals surface area contributed by atoms with E-state index >= 15 is 0 Å². The predicted molar refractivity (Wildman–Crippen MR) is 70.9 cm³/mol. The SMILES string of the molecule is COc1cc(NC2CCCCC2CCl)ccn1. The minimum Gasteiger partial charge on any atom is -0.481 e. The summed E-state index contributed by atoms with van der Waals surface area (Å²) < 4.78 is 5.12. The van der Waals surface area contributed by atoms with E-state index < -0.39 is 0 Å². The van der Waals surface area contributed by atoms with E-state index in [0.717, 1.165) is 11.6 Å². The lowest BCUT2D eigenvalue weighted by atomic mass is 9.85. The number of aromatic nitrogens is 1. The van der Waals surface area contributed by atoms with E-state index in [4.69, 9.17) is 16.3 Å². The number of halogens is 1. The molecule has 1 N–H and O–H groups in total. The minimum absolute atomic E-state index is 0.480. The van der Waals surface area contributed by atoms with Gasteiger partial charge in [0.25, 0.3) is 0 Å². The fourth-order valence-electron chi connectivity index (χ4n) is 2.41. The fourth-order valence-corrected chi connectivity index (χ4v) is 2.78. The first-order valence-corrected chi connectivity index (χ1v) is 6.69. The van der Waals surface area contributed by atoms with Crippen LogP contribution in [-0.4, -0.2) is 24.0 Å². The Morgan fingerprint density at radius 1 is 1.47 bits per heavy atom. The minimum atomic E-state index is 0.480. The Hall–Kier alpha value is -0.960. The maximum Gasteiger partial charge on any atom is 0.214 e. The van der Waals surface area contributed by atoms with Gasteiger partial charge < -0.3 is 10.1 Å². The maximum absolute atomic E-state index is 6.02. The molecule has 0 amide bonds. The Kier molecular flexibility index (Phi) is 4.49. The Balaban J connectivity index is 2.02. The first-order valence-electron chi connectivity index (χ1n) is 6.16. The number of methoxy groups -OCH3 is 1. The van der Waals surface area contributed by atoms with E-state index in [1.807, 2.05) is 12.1 Å². The summed E-state index contributed by atoms with van der Waals surface area (Å²) in [5.41, 5.74) is 1.07. The molecule has 94 valence electrons. The molecule has 0 saturated heterocycles. The Bertz CT molecular complexity index is 359. The van der Waals surface area contributed by atoms with E-state index in [9.17, 15) is 0 Å². The third-order valence-corrected chi connectivity index (χ3v) is 3.80. The third kappa shape index (κ3) is 3.25. The van der Waals surface area contributed by atoms with Gasteiger partial charge in [0.1, 0.15) is 0 Å². The molecule has 17 heavy (non-hydrogen) atoms. The van der Waals surface area contributed by atoms with Gasteiger partial charge in [-0.05, 0) is 24.8 Å². The molecule has 1 saturated carbocycles. The van der Waals surface area contributed by atoms with E-state index in [-0.39, 0.29) is 0 Å². The summed E-state index contributed by atoms with van der Waals surface area (Å²) in [6.45, 7) is 0. The second-order valence-electron chi connectivity index (χ2n) is 4.54. The van der Waals surface area contributed by atoms with Crippen LogP contribution in [0.15, 0.2) is 18.3 Å². The van der Waals surface area contributed by atoms with Gasteiger partial charge in [0.15, 0.2) is 0 Å². The van der Waals surface area contributed by atoms with Gasteiger partial charge in [0, 0.05) is 29.9 Å². The summed E-state index contributed by atoms with van der Waals surface area (Å²) in [5.74, 6) is 1.96. The lowest BCUT2D eigenvalue weighted by Crippen LogP contribution is -2.33. The van der Waals surface area contributed by atoms with E-state index in [2.05, 4.69) is 10.3 Å². The smallest absolute Gasteiger partial charge is 0.214 e. The molecule has 2 atom stereocenters. The van der Waals surface area contributed by atoms with Crippen molar-refractivity contribution in [3.63, 3.8) is 0 Å². The second kappa shape index (κ2) is 6.10. The average Bonchev–Trinajstić information content (AvgIpc) is 2.39. The van der Waals surface area contributed by atoms with Crippen LogP contribution in [-0.2, 0) is 0 Å². The van der Waals surface area contributed by atoms with Crippen LogP contribution < -0.4 is 10.1 Å². The van der Waals surface area contributed by atoms with Crippen molar-refractivity contribution < 1.29 is 4.74 Å². The van der Waals surface area contributed by atoms with E-state index in [1.165, 1.54) is 25.7 Å². The number of hydrogen-bond donors (Lipinski definition) is 1. The lowest BCUT2D eigenvalue weighted by Gasteiger charge is -2.31. The monoisotopic (exact) mass is 254 g/mol. The first kappa shape index (κ1) is 12.5. The van der Waals surface area contributed by atoms with Crippen LogP contribution in [0.2, 0.25) is 0 Å². The van der Waals surface area contributed by atoms with Crippen molar-refractivity contribution in [2.24, 2.45) is 5.92 Å². The van der Waals surface area contributed by atoms with Crippen molar-refractivity contribution in [1.29, 1.82) is 0 Å². The highest BCUT2D eigenvalue weighted by Gasteiger charge is 2.24. The zero-order chi connectivity index (χ0) is 12.1. The van der Waals surface area contributed by atoms with Crippen LogP contribution in [0.3, 0.4) is 0 Å². The lowest BCUT2D eigenvalue weighted by molar-refractivity contribution is 0.353. The van der Waals surface area contributed by atoms with Crippen molar-refractivity contribution in [2.45, 2.75) is 31.7 Å². The molecule has 1 heterocycles. The van der Waals surface area contributed by atoms with Gasteiger partial charge in [-0.1, -0.05) is 12.8 Å². The normalized spacial score (nSPS) is 24.4. The Morgan fingerprint density at radius 3 is 3.06 bits per heavy atom. The molecule has 1 aliphatic carbocycles. The van der Waals surface area contributed by atoms with Gasteiger partial charge in [-0.3, -0.25) is 0 Å². The average molecular weight is 255 g/mol. The summed E-state index contributed by atoms with van der Waals surface area (Å²) in [6, 6.07) is 4.39. The molecule has 0 aliphatic heterocycles. The maximum atomic E-state index is 6.02. The van der Waals surface area contributed by atoms with E-state index in [0.29, 0.717) is 17.8 Å². The highest BCUT2D eigenvalue weighted by atomic mass is 35.5. The zero-order valence-electron chi connectivity index (χ0n) is 10.2. The van der Waals surface area contributed by atoms with Crippen LogP contribution in [0, 0.1) is 5.92 Å². The van der Waals surface area contributed by atoms with Crippen molar-refractivity contribution in [2.75, 3.05) is 18.3 Å². The summed E-state index contributed by atoms with van der Waals surface area (Å²) in [5, 5.41) is 3.55. The molecule has 3 nitrogen and oxygen atoms in total. The molecule has 1 aromatic rings. The summed E-state index contributed by atoms with van der Waals surface area (Å²) in [7, 11) is 1.63. The van der Waals surface area contributed by atoms with Gasteiger partial charge in [-0.2, -0.15) is 0 Å². The first-order chi connectivity index (χ1) is 8.33. The molecule has 4 heteroatoms. The number of ether oxygens (including phenoxy) is 1. The van der Waals surface area contributed by atoms with Crippen molar-refractivity contribution in [1.82, 2.24) is 4.98 Å². The van der Waals surface area contributed by atoms with Crippen molar-refractivity contribution in [3.05, 3.63) is 18.3 Å². The molecule has 0 spiro atoms. The summed E-state index contributed by atoms with van der Waals surface area (Å²) in [4.78, 5) is 4.10. The fraction of sp³-hybridized carbons (Fsp3) is 0.615. The highest BCUT2D eigenvalue weighted by Crippen LogP contribution is 2.28. The van der Waals surface area contributed by atoms with Crippen LogP contribution in [0.5, 0.6) is 5.88 Å². The molecule has 2 rings (SSSR count). The standard InChI is InChI=1S/C13H19ClN2O/c1-17-13-8-11(6-7-15-13)16-12-5-3-2-4-10(12)9-14/h6-8,10,12H,2-5,9H2,1H3,(H,15,16). The molecule has 0 radical (unpaired) electrons. The van der Waals surface area contributed by atoms with Crippen molar-refractivity contribution >= 4 is 17.3 Å². The third-order valence-electron chi connectivity index (χ3n) is 3.40. The zero-order valence-corrected chi connectivity index (χ0v) is 10.9.